The summed E-state index contributed by atoms with van der Waals surface area (Å²) in [5.41, 5.74) is 15.4. The summed E-state index contributed by atoms with van der Waals surface area (Å²) < 4.78 is 25.1. The van der Waals surface area contributed by atoms with Gasteiger partial charge in [-0.3, -0.25) is 0 Å². The van der Waals surface area contributed by atoms with Crippen molar-refractivity contribution < 1.29 is 18.3 Å². The highest BCUT2D eigenvalue weighted by Gasteiger charge is 2.24. The van der Waals surface area contributed by atoms with Crippen molar-refractivity contribution in [2.24, 2.45) is 5.92 Å². The highest BCUT2D eigenvalue weighted by atomic mass is 16.5. The average molecular weight is 694 g/mol. The minimum Gasteiger partial charge on any atom is -0.436 e. The van der Waals surface area contributed by atoms with Gasteiger partial charge in [0.1, 0.15) is 11.0 Å². The lowest BCUT2D eigenvalue weighted by Gasteiger charge is -2.25. The van der Waals surface area contributed by atoms with Gasteiger partial charge >= 0.3 is 0 Å². The van der Waals surface area contributed by atoms with Crippen molar-refractivity contribution in [3.05, 3.63) is 103 Å². The maximum atomic E-state index is 6.27. The van der Waals surface area contributed by atoms with E-state index in [1.165, 1.54) is 5.56 Å². The molecule has 2 fully saturated rings. The number of hydrogen-bond acceptors (Lipinski definition) is 9. The number of imidazole rings is 2. The molecular weight excluding hydrogens is 654 g/mol. The van der Waals surface area contributed by atoms with Crippen LogP contribution >= 0.6 is 0 Å². The van der Waals surface area contributed by atoms with Crippen LogP contribution in [0.5, 0.6) is 0 Å². The van der Waals surface area contributed by atoms with Gasteiger partial charge in [-0.2, -0.15) is 0 Å². The third-order valence-electron chi connectivity index (χ3n) is 10.0. The third kappa shape index (κ3) is 6.44. The zero-order valence-corrected chi connectivity index (χ0v) is 28.7. The van der Waals surface area contributed by atoms with Crippen molar-refractivity contribution in [2.75, 3.05) is 32.2 Å². The van der Waals surface area contributed by atoms with E-state index in [1.807, 2.05) is 66.9 Å². The Labute approximate surface area is 299 Å². The van der Waals surface area contributed by atoms with Gasteiger partial charge in [-0.1, -0.05) is 30.3 Å². The molecule has 0 unspecified atom stereocenters. The van der Waals surface area contributed by atoms with Crippen LogP contribution in [-0.4, -0.2) is 55.9 Å². The number of benzene rings is 4. The Hall–Kier alpha value is -5.78. The van der Waals surface area contributed by atoms with Gasteiger partial charge in [-0.25, -0.2) is 19.9 Å². The molecule has 3 N–H and O–H groups in total. The fraction of sp³-hybridized carbons (Fsp3) is 0.268. The number of ether oxygens (including phenoxy) is 2. The summed E-state index contributed by atoms with van der Waals surface area (Å²) in [5.74, 6) is 3.52. The first-order valence-electron chi connectivity index (χ1n) is 17.9. The van der Waals surface area contributed by atoms with E-state index < -0.39 is 0 Å². The number of aromatic nitrogens is 6. The molecule has 0 atom stereocenters. The minimum atomic E-state index is 0.337. The first kappa shape index (κ1) is 32.1. The van der Waals surface area contributed by atoms with Gasteiger partial charge in [0.25, 0.3) is 0 Å². The van der Waals surface area contributed by atoms with Crippen LogP contribution in [-0.2, 0) is 15.9 Å². The summed E-state index contributed by atoms with van der Waals surface area (Å²) in [6.45, 7) is 3.27. The van der Waals surface area contributed by atoms with E-state index in [9.17, 15) is 0 Å². The Bertz CT molecular complexity index is 2380. The molecule has 0 aliphatic carbocycles. The van der Waals surface area contributed by atoms with Gasteiger partial charge in [0.2, 0.25) is 11.8 Å². The van der Waals surface area contributed by atoms with Gasteiger partial charge in [0.05, 0.1) is 11.0 Å². The zero-order valence-electron chi connectivity index (χ0n) is 28.7. The number of rotatable bonds is 6. The summed E-state index contributed by atoms with van der Waals surface area (Å²) in [6, 6.07) is 28.2. The average Bonchev–Trinajstić information content (AvgIpc) is 4.01. The summed E-state index contributed by atoms with van der Waals surface area (Å²) >= 11 is 0. The molecule has 11 nitrogen and oxygen atoms in total. The quantitative estimate of drug-likeness (QED) is 0.164. The maximum absolute atomic E-state index is 6.27. The van der Waals surface area contributed by atoms with Crippen LogP contribution < -0.4 is 5.73 Å². The van der Waals surface area contributed by atoms with Crippen LogP contribution in [0, 0.1) is 5.92 Å². The summed E-state index contributed by atoms with van der Waals surface area (Å²) in [5, 5.41) is 0. The molecule has 0 spiro atoms. The Morgan fingerprint density at radius 1 is 0.692 bits per heavy atom. The Morgan fingerprint density at radius 3 is 1.96 bits per heavy atom. The van der Waals surface area contributed by atoms with Crippen molar-refractivity contribution in [1.29, 1.82) is 0 Å². The lowest BCUT2D eigenvalue weighted by molar-refractivity contribution is 0.0666. The first-order valence-corrected chi connectivity index (χ1v) is 17.9. The number of anilines is 1. The summed E-state index contributed by atoms with van der Waals surface area (Å²) in [4.78, 5) is 21.7. The fourth-order valence-electron chi connectivity index (χ4n) is 7.27. The molecule has 11 heteroatoms. The number of nitrogens with two attached hydrogens (primary N) is 1. The van der Waals surface area contributed by atoms with Gasteiger partial charge in [-0.05, 0) is 98.2 Å². The molecule has 4 aromatic carbocycles. The van der Waals surface area contributed by atoms with Gasteiger partial charge < -0.3 is 33.6 Å². The zero-order chi connectivity index (χ0) is 34.9. The largest absolute Gasteiger partial charge is 0.436 e. The Balaban J connectivity index is 0.000000142. The van der Waals surface area contributed by atoms with E-state index >= 15 is 0 Å². The molecule has 10 rings (SSSR count). The van der Waals surface area contributed by atoms with Crippen molar-refractivity contribution >= 4 is 38.9 Å². The second-order valence-corrected chi connectivity index (χ2v) is 13.4. The SMILES string of the molecule is Nc1cc(-c2nc3ccccc3o2)ccc1CC1CCOCC1.c1ccc2oc(-c3ccc4c(c3)nc(-c3ncc[nH]3)n4C3CCOCC3)nc2c1. The lowest BCUT2D eigenvalue weighted by atomic mass is 9.91. The molecule has 0 amide bonds. The van der Waals surface area contributed by atoms with Gasteiger partial charge in [0, 0.05) is 61.7 Å². The first-order chi connectivity index (χ1) is 25.7. The van der Waals surface area contributed by atoms with Crippen molar-refractivity contribution in [3.63, 3.8) is 0 Å². The van der Waals surface area contributed by atoms with Crippen LogP contribution in [0.25, 0.3) is 67.8 Å². The molecule has 6 heterocycles. The number of aromatic amines is 1. The predicted octanol–water partition coefficient (Wildman–Crippen LogP) is 8.63. The van der Waals surface area contributed by atoms with Gasteiger partial charge in [0.15, 0.2) is 22.8 Å². The third-order valence-corrected chi connectivity index (χ3v) is 10.0. The molecule has 52 heavy (non-hydrogen) atoms. The molecule has 0 saturated carbocycles. The van der Waals surface area contributed by atoms with E-state index in [2.05, 4.69) is 48.8 Å². The standard InChI is InChI=1S/C22H19N5O2.C19H20N2O2/c1-2-4-19-16(3-1)26-22(29-19)14-5-6-18-17(13-14)25-21(20-23-9-10-24-20)27(18)15-7-11-28-12-8-15;20-16-12-15(19-21-17-3-1-2-4-18(17)23-19)6-5-14(16)11-13-7-9-22-10-8-13/h1-6,9-10,13,15H,7-8,11-12H2,(H,23,24);1-6,12-13H,7-11,20H2. The monoisotopic (exact) mass is 693 g/mol. The number of para-hydroxylation sites is 4. The molecule has 2 aliphatic rings. The molecule has 0 radical (unpaired) electrons. The number of hydrogen-bond donors (Lipinski definition) is 2. The number of nitrogen functional groups attached to an aromatic ring is 1. The van der Waals surface area contributed by atoms with Crippen molar-refractivity contribution in [2.45, 2.75) is 38.1 Å². The molecule has 8 aromatic rings. The second-order valence-electron chi connectivity index (χ2n) is 13.4. The summed E-state index contributed by atoms with van der Waals surface area (Å²) in [6.07, 6.45) is 8.76. The van der Waals surface area contributed by atoms with Gasteiger partial charge in [-0.15, -0.1) is 0 Å². The molecular formula is C41H39N7O4. The smallest absolute Gasteiger partial charge is 0.227 e. The highest BCUT2D eigenvalue weighted by Crippen LogP contribution is 2.35. The number of oxazole rings is 2. The van der Waals surface area contributed by atoms with E-state index in [0.29, 0.717) is 23.7 Å². The number of nitrogens with zero attached hydrogens (tertiary/aromatic N) is 5. The fourth-order valence-corrected chi connectivity index (χ4v) is 7.27. The van der Waals surface area contributed by atoms with Crippen LogP contribution in [0.15, 0.2) is 106 Å². The minimum absolute atomic E-state index is 0.337. The molecule has 0 bridgehead atoms. The Kier molecular flexibility index (Phi) is 8.71. The second kappa shape index (κ2) is 14.1. The van der Waals surface area contributed by atoms with E-state index in [-0.39, 0.29) is 0 Å². The molecule has 4 aromatic heterocycles. The highest BCUT2D eigenvalue weighted by molar-refractivity contribution is 5.85. The number of H-pyrrole nitrogens is 1. The van der Waals surface area contributed by atoms with E-state index in [4.69, 9.17) is 29.0 Å². The number of fused-ring (bicyclic) bond motifs is 3. The molecule has 2 aliphatic heterocycles. The van der Waals surface area contributed by atoms with Crippen LogP contribution in [0.3, 0.4) is 0 Å². The summed E-state index contributed by atoms with van der Waals surface area (Å²) in [7, 11) is 0. The van der Waals surface area contributed by atoms with Crippen LogP contribution in [0.1, 0.15) is 37.3 Å². The molecule has 2 saturated heterocycles. The van der Waals surface area contributed by atoms with Crippen molar-refractivity contribution in [1.82, 2.24) is 29.5 Å². The Morgan fingerprint density at radius 2 is 1.33 bits per heavy atom. The van der Waals surface area contributed by atoms with E-state index in [1.54, 1.807) is 6.20 Å². The maximum Gasteiger partial charge on any atom is 0.227 e. The number of nitrogens with one attached hydrogen (secondary N) is 1. The predicted molar refractivity (Wildman–Crippen MR) is 201 cm³/mol. The molecule has 262 valence electrons. The normalized spacial score (nSPS) is 15.7. The lowest BCUT2D eigenvalue weighted by Crippen LogP contribution is -2.20. The topological polar surface area (TPSA) is 143 Å². The van der Waals surface area contributed by atoms with Crippen LogP contribution in [0.2, 0.25) is 0 Å². The van der Waals surface area contributed by atoms with Crippen LogP contribution in [0.4, 0.5) is 5.69 Å². The van der Waals surface area contributed by atoms with E-state index in [0.717, 1.165) is 120 Å². The van der Waals surface area contributed by atoms with Crippen molar-refractivity contribution in [3.8, 4) is 34.6 Å².